The van der Waals surface area contributed by atoms with Crippen LogP contribution >= 0.6 is 11.6 Å². The molecular formula is C17H24ClN3O2. The number of hydrogen-bond acceptors (Lipinski definition) is 3. The minimum atomic E-state index is 0.0255. The van der Waals surface area contributed by atoms with Gasteiger partial charge in [0.05, 0.1) is 0 Å². The molecule has 23 heavy (non-hydrogen) atoms. The number of rotatable bonds is 5. The molecular weight excluding hydrogens is 314 g/mol. The van der Waals surface area contributed by atoms with Gasteiger partial charge < -0.3 is 15.1 Å². The second-order valence-corrected chi connectivity index (χ2v) is 6.23. The molecule has 0 radical (unpaired) electrons. The number of nitrogens with one attached hydrogen (secondary N) is 1. The van der Waals surface area contributed by atoms with Crippen molar-refractivity contribution in [3.8, 4) is 0 Å². The van der Waals surface area contributed by atoms with E-state index in [9.17, 15) is 9.59 Å². The zero-order valence-corrected chi connectivity index (χ0v) is 14.3. The minimum Gasteiger partial charge on any atom is -0.352 e. The van der Waals surface area contributed by atoms with Crippen LogP contribution in [0, 0.1) is 0 Å². The maximum absolute atomic E-state index is 12.0. The molecule has 6 heteroatoms. The van der Waals surface area contributed by atoms with Gasteiger partial charge in [-0.1, -0.05) is 29.8 Å². The van der Waals surface area contributed by atoms with Crippen LogP contribution in [0.2, 0.25) is 5.02 Å². The molecule has 0 saturated carbocycles. The van der Waals surface area contributed by atoms with Gasteiger partial charge in [-0.25, -0.2) is 0 Å². The third-order valence-corrected chi connectivity index (χ3v) is 4.49. The predicted molar refractivity (Wildman–Crippen MR) is 91.2 cm³/mol. The van der Waals surface area contributed by atoms with E-state index < -0.39 is 0 Å². The van der Waals surface area contributed by atoms with Crippen LogP contribution in [-0.4, -0.2) is 54.3 Å². The largest absolute Gasteiger partial charge is 0.352 e. The number of carbonyl (C=O) groups is 2. The van der Waals surface area contributed by atoms with Crippen molar-refractivity contribution in [3.05, 3.63) is 34.9 Å². The fourth-order valence-corrected chi connectivity index (χ4v) is 2.90. The van der Waals surface area contributed by atoms with E-state index in [-0.39, 0.29) is 11.8 Å². The topological polar surface area (TPSA) is 52.7 Å². The fraction of sp³-hybridized carbons (Fsp3) is 0.529. The van der Waals surface area contributed by atoms with Crippen molar-refractivity contribution in [2.24, 2.45) is 0 Å². The predicted octanol–water partition coefficient (Wildman–Crippen LogP) is 1.90. The van der Waals surface area contributed by atoms with Crippen molar-refractivity contribution in [1.29, 1.82) is 0 Å². The highest BCUT2D eigenvalue weighted by Crippen LogP contribution is 2.14. The number of hydrogen-bond donors (Lipinski definition) is 1. The highest BCUT2D eigenvalue weighted by Gasteiger charge is 2.16. The number of nitrogens with zero attached hydrogens (tertiary/aromatic N) is 2. The molecule has 5 nitrogen and oxygen atoms in total. The Morgan fingerprint density at radius 1 is 1.17 bits per heavy atom. The molecule has 0 aromatic heterocycles. The molecule has 1 aliphatic rings. The molecule has 2 amide bonds. The van der Waals surface area contributed by atoms with Crippen molar-refractivity contribution in [2.75, 3.05) is 32.7 Å². The smallest absolute Gasteiger partial charge is 0.221 e. The van der Waals surface area contributed by atoms with Gasteiger partial charge in [0.2, 0.25) is 11.8 Å². The highest BCUT2D eigenvalue weighted by molar-refractivity contribution is 6.31. The Morgan fingerprint density at radius 3 is 2.70 bits per heavy atom. The summed E-state index contributed by atoms with van der Waals surface area (Å²) in [4.78, 5) is 27.5. The van der Waals surface area contributed by atoms with Gasteiger partial charge in [0.15, 0.2) is 0 Å². The van der Waals surface area contributed by atoms with Gasteiger partial charge in [-0.05, 0) is 24.6 Å². The maximum Gasteiger partial charge on any atom is 0.221 e. The summed E-state index contributed by atoms with van der Waals surface area (Å²) in [7, 11) is 0. The van der Waals surface area contributed by atoms with Gasteiger partial charge in [0.25, 0.3) is 0 Å². The summed E-state index contributed by atoms with van der Waals surface area (Å²) >= 11 is 6.07. The molecule has 2 rings (SSSR count). The van der Waals surface area contributed by atoms with Crippen LogP contribution in [0.5, 0.6) is 0 Å². The summed E-state index contributed by atoms with van der Waals surface area (Å²) in [6, 6.07) is 7.51. The number of benzene rings is 1. The van der Waals surface area contributed by atoms with E-state index in [1.807, 2.05) is 29.2 Å². The third kappa shape index (κ3) is 5.84. The van der Waals surface area contributed by atoms with Gasteiger partial charge in [0, 0.05) is 51.1 Å². The Hall–Kier alpha value is -1.59. The molecule has 126 valence electrons. The molecule has 1 aromatic carbocycles. The lowest BCUT2D eigenvalue weighted by Crippen LogP contribution is -2.35. The second kappa shape index (κ2) is 8.89. The van der Waals surface area contributed by atoms with Crippen LogP contribution < -0.4 is 5.32 Å². The standard InChI is InChI=1S/C17H24ClN3O2/c1-14(22)21-9-4-8-20(11-12-21)10-7-17(23)19-13-15-5-2-3-6-16(15)18/h2-3,5-6H,4,7-13H2,1H3,(H,19,23). The fourth-order valence-electron chi connectivity index (χ4n) is 2.69. The SMILES string of the molecule is CC(=O)N1CCCN(CCC(=O)NCc2ccccc2Cl)CC1. The van der Waals surface area contributed by atoms with E-state index in [4.69, 9.17) is 11.6 Å². The molecule has 1 saturated heterocycles. The molecule has 1 heterocycles. The monoisotopic (exact) mass is 337 g/mol. The van der Waals surface area contributed by atoms with Gasteiger partial charge in [-0.2, -0.15) is 0 Å². The highest BCUT2D eigenvalue weighted by atomic mass is 35.5. The van der Waals surface area contributed by atoms with E-state index in [0.29, 0.717) is 18.0 Å². The lowest BCUT2D eigenvalue weighted by molar-refractivity contribution is -0.128. The number of halogens is 1. The zero-order valence-electron chi connectivity index (χ0n) is 13.6. The van der Waals surface area contributed by atoms with Gasteiger partial charge in [-0.3, -0.25) is 9.59 Å². The quantitative estimate of drug-likeness (QED) is 0.893. The first-order valence-corrected chi connectivity index (χ1v) is 8.42. The van der Waals surface area contributed by atoms with E-state index in [0.717, 1.165) is 44.7 Å². The first kappa shape index (κ1) is 17.8. The molecule has 0 atom stereocenters. The number of carbonyl (C=O) groups excluding carboxylic acids is 2. The normalized spacial score (nSPS) is 16.0. The first-order chi connectivity index (χ1) is 11.1. The van der Waals surface area contributed by atoms with Crippen molar-refractivity contribution < 1.29 is 9.59 Å². The maximum atomic E-state index is 12.0. The zero-order chi connectivity index (χ0) is 16.7. The lowest BCUT2D eigenvalue weighted by Gasteiger charge is -2.20. The van der Waals surface area contributed by atoms with Crippen molar-refractivity contribution >= 4 is 23.4 Å². The Morgan fingerprint density at radius 2 is 1.96 bits per heavy atom. The first-order valence-electron chi connectivity index (χ1n) is 8.04. The molecule has 1 fully saturated rings. The van der Waals surface area contributed by atoms with Crippen LogP contribution in [0.1, 0.15) is 25.3 Å². The van der Waals surface area contributed by atoms with E-state index in [1.54, 1.807) is 6.92 Å². The second-order valence-electron chi connectivity index (χ2n) is 5.82. The average molecular weight is 338 g/mol. The molecule has 0 spiro atoms. The van der Waals surface area contributed by atoms with E-state index in [1.165, 1.54) is 0 Å². The summed E-state index contributed by atoms with van der Waals surface area (Å²) in [6.45, 7) is 6.11. The van der Waals surface area contributed by atoms with Crippen molar-refractivity contribution in [2.45, 2.75) is 26.3 Å². The van der Waals surface area contributed by atoms with Crippen molar-refractivity contribution in [3.63, 3.8) is 0 Å². The van der Waals surface area contributed by atoms with E-state index in [2.05, 4.69) is 10.2 Å². The van der Waals surface area contributed by atoms with Crippen LogP contribution in [0.3, 0.4) is 0 Å². The summed E-state index contributed by atoms with van der Waals surface area (Å²) in [5.41, 5.74) is 0.925. The average Bonchev–Trinajstić information content (AvgIpc) is 2.78. The summed E-state index contributed by atoms with van der Waals surface area (Å²) in [5.74, 6) is 0.155. The van der Waals surface area contributed by atoms with Gasteiger partial charge in [-0.15, -0.1) is 0 Å². The van der Waals surface area contributed by atoms with E-state index >= 15 is 0 Å². The Bertz CT molecular complexity index is 550. The van der Waals surface area contributed by atoms with Crippen LogP contribution in [0.4, 0.5) is 0 Å². The van der Waals surface area contributed by atoms with Crippen LogP contribution in [0.15, 0.2) is 24.3 Å². The Balaban J connectivity index is 1.70. The Labute approximate surface area is 142 Å². The molecule has 0 aliphatic carbocycles. The van der Waals surface area contributed by atoms with Crippen LogP contribution in [0.25, 0.3) is 0 Å². The summed E-state index contributed by atoms with van der Waals surface area (Å²) < 4.78 is 0. The van der Waals surface area contributed by atoms with Gasteiger partial charge >= 0.3 is 0 Å². The molecule has 1 aromatic rings. The summed E-state index contributed by atoms with van der Waals surface area (Å²) in [5, 5.41) is 3.58. The Kier molecular flexibility index (Phi) is 6.86. The molecule has 1 aliphatic heterocycles. The van der Waals surface area contributed by atoms with Crippen LogP contribution in [-0.2, 0) is 16.1 Å². The molecule has 1 N–H and O–H groups in total. The summed E-state index contributed by atoms with van der Waals surface area (Å²) in [6.07, 6.45) is 1.42. The minimum absolute atomic E-state index is 0.0255. The molecule has 0 unspecified atom stereocenters. The molecule has 0 bridgehead atoms. The van der Waals surface area contributed by atoms with Gasteiger partial charge in [0.1, 0.15) is 0 Å². The van der Waals surface area contributed by atoms with Crippen molar-refractivity contribution in [1.82, 2.24) is 15.1 Å². The third-order valence-electron chi connectivity index (χ3n) is 4.12. The lowest BCUT2D eigenvalue weighted by atomic mass is 10.2. The number of amides is 2.